The largest absolute Gasteiger partial charge is 0.363 e. The number of likely N-dealkylation sites (tertiary alicyclic amines) is 1. The molecule has 3 saturated heterocycles. The predicted molar refractivity (Wildman–Crippen MR) is 142 cm³/mol. The van der Waals surface area contributed by atoms with Crippen molar-refractivity contribution in [3.05, 3.63) is 54.6 Å². The summed E-state index contributed by atoms with van der Waals surface area (Å²) in [6.07, 6.45) is 4.58. The summed E-state index contributed by atoms with van der Waals surface area (Å²) in [7, 11) is 2.14. The SMILES string of the molecule is CC(=O)N1CCN(c2ccc(-c3ccnc(Nc4ccc(N5CC6C[C@H]5CN6C)c(F)c4)n3)cn2)CC1. The van der Waals surface area contributed by atoms with Crippen LogP contribution in [-0.4, -0.2) is 89.1 Å². The number of fused-ring (bicyclic) bond motifs is 2. The molecule has 0 spiro atoms. The number of aromatic nitrogens is 3. The van der Waals surface area contributed by atoms with Crippen molar-refractivity contribution in [2.45, 2.75) is 25.4 Å². The quantitative estimate of drug-likeness (QED) is 0.571. The number of nitrogens with zero attached hydrogens (tertiary/aromatic N) is 7. The lowest BCUT2D eigenvalue weighted by atomic mass is 10.2. The molecule has 37 heavy (non-hydrogen) atoms. The lowest BCUT2D eigenvalue weighted by Crippen LogP contribution is -2.48. The molecule has 3 aliphatic rings. The monoisotopic (exact) mass is 502 g/mol. The molecular weight excluding hydrogens is 471 g/mol. The number of anilines is 4. The number of piperazine rings is 2. The van der Waals surface area contributed by atoms with E-state index in [1.165, 1.54) is 6.07 Å². The van der Waals surface area contributed by atoms with E-state index in [4.69, 9.17) is 0 Å². The van der Waals surface area contributed by atoms with Gasteiger partial charge in [-0.3, -0.25) is 9.69 Å². The van der Waals surface area contributed by atoms with E-state index in [0.717, 1.165) is 49.7 Å². The number of pyridine rings is 1. The molecule has 3 aromatic rings. The fourth-order valence-electron chi connectivity index (χ4n) is 5.66. The Morgan fingerprint density at radius 1 is 1.03 bits per heavy atom. The van der Waals surface area contributed by atoms with Crippen LogP contribution in [0.5, 0.6) is 0 Å². The molecule has 1 N–H and O–H groups in total. The molecule has 0 saturated carbocycles. The van der Waals surface area contributed by atoms with Crippen LogP contribution >= 0.6 is 0 Å². The Bertz CT molecular complexity index is 1290. The van der Waals surface area contributed by atoms with E-state index in [1.54, 1.807) is 19.3 Å². The molecule has 5 heterocycles. The smallest absolute Gasteiger partial charge is 0.227 e. The van der Waals surface area contributed by atoms with Crippen LogP contribution in [0.2, 0.25) is 0 Å². The number of likely N-dealkylation sites (N-methyl/N-ethyl adjacent to an activating group) is 1. The summed E-state index contributed by atoms with van der Waals surface area (Å²) in [4.78, 5) is 33.7. The summed E-state index contributed by atoms with van der Waals surface area (Å²) in [5, 5.41) is 3.14. The van der Waals surface area contributed by atoms with Crippen molar-refractivity contribution in [2.75, 3.05) is 61.4 Å². The molecule has 3 fully saturated rings. The van der Waals surface area contributed by atoms with E-state index in [9.17, 15) is 4.79 Å². The normalized spacial score (nSPS) is 21.5. The van der Waals surface area contributed by atoms with Gasteiger partial charge >= 0.3 is 0 Å². The second kappa shape index (κ2) is 9.59. The van der Waals surface area contributed by atoms with Gasteiger partial charge in [0, 0.05) is 81.9 Å². The molecule has 1 amide bonds. The van der Waals surface area contributed by atoms with Gasteiger partial charge in [0.1, 0.15) is 11.6 Å². The van der Waals surface area contributed by atoms with Crippen molar-refractivity contribution < 1.29 is 9.18 Å². The number of benzene rings is 1. The Labute approximate surface area is 215 Å². The molecule has 0 aliphatic carbocycles. The number of carbonyl (C=O) groups excluding carboxylic acids is 1. The van der Waals surface area contributed by atoms with Gasteiger partial charge in [-0.2, -0.15) is 0 Å². The minimum absolute atomic E-state index is 0.112. The van der Waals surface area contributed by atoms with Crippen LogP contribution in [0.4, 0.5) is 27.5 Å². The molecule has 9 nitrogen and oxygen atoms in total. The zero-order valence-electron chi connectivity index (χ0n) is 21.1. The van der Waals surface area contributed by atoms with E-state index < -0.39 is 0 Å². The summed E-state index contributed by atoms with van der Waals surface area (Å²) in [6.45, 7) is 6.40. The van der Waals surface area contributed by atoms with Crippen LogP contribution < -0.4 is 15.1 Å². The van der Waals surface area contributed by atoms with E-state index >= 15 is 4.39 Å². The number of rotatable bonds is 5. The number of carbonyl (C=O) groups is 1. The van der Waals surface area contributed by atoms with E-state index in [1.807, 2.05) is 35.2 Å². The van der Waals surface area contributed by atoms with E-state index in [2.05, 4.69) is 42.0 Å². The predicted octanol–water partition coefficient (Wildman–Crippen LogP) is 2.98. The molecule has 1 unspecified atom stereocenters. The highest BCUT2D eigenvalue weighted by atomic mass is 19.1. The minimum atomic E-state index is -0.236. The van der Waals surface area contributed by atoms with Crippen molar-refractivity contribution in [1.82, 2.24) is 24.8 Å². The van der Waals surface area contributed by atoms with Crippen molar-refractivity contribution in [2.24, 2.45) is 0 Å². The standard InChI is InChI=1S/C27H31FN8O/c1-18(37)34-9-11-35(12-10-34)26-6-3-19(15-30-26)24-7-8-29-27(32-24)31-20-4-5-25(23(28)13-20)36-17-21-14-22(36)16-33(21)2/h3-8,13,15,21-22H,9-12,14,16-17H2,1-2H3,(H,29,31,32)/t21?,22-/m0/s1. The summed E-state index contributed by atoms with van der Waals surface area (Å²) in [5.41, 5.74) is 2.87. The van der Waals surface area contributed by atoms with Crippen LogP contribution in [-0.2, 0) is 4.79 Å². The number of halogens is 1. The summed E-state index contributed by atoms with van der Waals surface area (Å²) in [6, 6.07) is 11.9. The molecule has 3 aliphatic heterocycles. The second-order valence-corrected chi connectivity index (χ2v) is 10.1. The van der Waals surface area contributed by atoms with Crippen molar-refractivity contribution in [3.8, 4) is 11.3 Å². The minimum Gasteiger partial charge on any atom is -0.363 e. The van der Waals surface area contributed by atoms with Crippen molar-refractivity contribution in [1.29, 1.82) is 0 Å². The summed E-state index contributed by atoms with van der Waals surface area (Å²) < 4.78 is 15.1. The third-order valence-corrected chi connectivity index (χ3v) is 7.78. The lowest BCUT2D eigenvalue weighted by Gasteiger charge is -2.34. The van der Waals surface area contributed by atoms with Crippen molar-refractivity contribution >= 4 is 29.0 Å². The number of amides is 1. The molecular formula is C27H31FN8O. The first-order valence-corrected chi connectivity index (χ1v) is 12.8. The van der Waals surface area contributed by atoms with Gasteiger partial charge in [0.15, 0.2) is 0 Å². The zero-order valence-corrected chi connectivity index (χ0v) is 21.1. The molecule has 0 radical (unpaired) electrons. The van der Waals surface area contributed by atoms with Gasteiger partial charge in [0.2, 0.25) is 11.9 Å². The molecule has 2 bridgehead atoms. The van der Waals surface area contributed by atoms with Gasteiger partial charge in [-0.1, -0.05) is 0 Å². The molecule has 6 rings (SSSR count). The highest BCUT2D eigenvalue weighted by molar-refractivity contribution is 5.73. The highest BCUT2D eigenvalue weighted by Crippen LogP contribution is 2.36. The topological polar surface area (TPSA) is 80.7 Å². The Morgan fingerprint density at radius 3 is 2.51 bits per heavy atom. The van der Waals surface area contributed by atoms with Gasteiger partial charge in [0.25, 0.3) is 0 Å². The van der Waals surface area contributed by atoms with E-state index in [0.29, 0.717) is 42.5 Å². The van der Waals surface area contributed by atoms with Crippen LogP contribution in [0.25, 0.3) is 11.3 Å². The number of hydrogen-bond acceptors (Lipinski definition) is 8. The molecule has 192 valence electrons. The second-order valence-electron chi connectivity index (χ2n) is 10.1. The zero-order chi connectivity index (χ0) is 25.5. The Hall–Kier alpha value is -3.79. The highest BCUT2D eigenvalue weighted by Gasteiger charge is 2.42. The molecule has 2 atom stereocenters. The van der Waals surface area contributed by atoms with Crippen LogP contribution in [0, 0.1) is 5.82 Å². The average Bonchev–Trinajstić information content (AvgIpc) is 3.49. The van der Waals surface area contributed by atoms with Gasteiger partial charge in [-0.15, -0.1) is 0 Å². The Balaban J connectivity index is 1.12. The first-order valence-electron chi connectivity index (χ1n) is 12.8. The number of nitrogens with one attached hydrogen (secondary N) is 1. The maximum Gasteiger partial charge on any atom is 0.227 e. The fourth-order valence-corrected chi connectivity index (χ4v) is 5.66. The van der Waals surface area contributed by atoms with Gasteiger partial charge in [0.05, 0.1) is 11.4 Å². The maximum absolute atomic E-state index is 15.1. The van der Waals surface area contributed by atoms with Crippen LogP contribution in [0.3, 0.4) is 0 Å². The van der Waals surface area contributed by atoms with Gasteiger partial charge < -0.3 is 20.0 Å². The third-order valence-electron chi connectivity index (χ3n) is 7.78. The maximum atomic E-state index is 15.1. The van der Waals surface area contributed by atoms with Crippen LogP contribution in [0.15, 0.2) is 48.8 Å². The lowest BCUT2D eigenvalue weighted by molar-refractivity contribution is -0.129. The Morgan fingerprint density at radius 2 is 1.86 bits per heavy atom. The third kappa shape index (κ3) is 4.69. The first-order chi connectivity index (χ1) is 17.9. The van der Waals surface area contributed by atoms with E-state index in [-0.39, 0.29) is 11.7 Å². The number of hydrogen-bond donors (Lipinski definition) is 1. The van der Waals surface area contributed by atoms with Crippen molar-refractivity contribution in [3.63, 3.8) is 0 Å². The molecule has 1 aromatic carbocycles. The molecule has 10 heteroatoms. The van der Waals surface area contributed by atoms with Gasteiger partial charge in [-0.25, -0.2) is 19.3 Å². The summed E-state index contributed by atoms with van der Waals surface area (Å²) >= 11 is 0. The first kappa shape index (κ1) is 23.6. The summed E-state index contributed by atoms with van der Waals surface area (Å²) in [5.74, 6) is 1.16. The Kier molecular flexibility index (Phi) is 6.11. The van der Waals surface area contributed by atoms with Crippen LogP contribution in [0.1, 0.15) is 13.3 Å². The molecule has 2 aromatic heterocycles. The van der Waals surface area contributed by atoms with Gasteiger partial charge in [-0.05, 0) is 49.9 Å². The average molecular weight is 503 g/mol. The fraction of sp³-hybridized carbons (Fsp3) is 0.407.